The van der Waals surface area contributed by atoms with Crippen molar-refractivity contribution in [2.24, 2.45) is 0 Å². The Morgan fingerprint density at radius 3 is 2.71 bits per heavy atom. The highest BCUT2D eigenvalue weighted by molar-refractivity contribution is 5.14. The van der Waals surface area contributed by atoms with Crippen LogP contribution in [0.15, 0.2) is 30.3 Å². The van der Waals surface area contributed by atoms with Crippen LogP contribution in [0.4, 0.5) is 0 Å². The summed E-state index contributed by atoms with van der Waals surface area (Å²) in [6.07, 6.45) is 0.175. The van der Waals surface area contributed by atoms with Crippen LogP contribution >= 0.6 is 0 Å². The predicted molar refractivity (Wildman–Crippen MR) is 70.1 cm³/mol. The van der Waals surface area contributed by atoms with E-state index < -0.39 is 0 Å². The second kappa shape index (κ2) is 9.16. The van der Waals surface area contributed by atoms with Crippen molar-refractivity contribution < 1.29 is 9.47 Å². The van der Waals surface area contributed by atoms with E-state index in [4.69, 9.17) is 9.47 Å². The zero-order chi connectivity index (χ0) is 12.3. The molecule has 17 heavy (non-hydrogen) atoms. The van der Waals surface area contributed by atoms with Gasteiger partial charge in [0.25, 0.3) is 0 Å². The SMILES string of the molecule is CCOCC(C)OCCNCc1ccccc1. The Bertz CT molecular complexity index is 277. The minimum atomic E-state index is 0.175. The third kappa shape index (κ3) is 7.10. The van der Waals surface area contributed by atoms with E-state index in [1.807, 2.05) is 19.9 Å². The van der Waals surface area contributed by atoms with Crippen LogP contribution in [0.1, 0.15) is 19.4 Å². The summed E-state index contributed by atoms with van der Waals surface area (Å²) in [5.41, 5.74) is 1.30. The molecular weight excluding hydrogens is 214 g/mol. The maximum absolute atomic E-state index is 5.59. The van der Waals surface area contributed by atoms with Crippen molar-refractivity contribution in [3.8, 4) is 0 Å². The Hall–Kier alpha value is -0.900. The van der Waals surface area contributed by atoms with Gasteiger partial charge in [0.15, 0.2) is 0 Å². The van der Waals surface area contributed by atoms with Crippen LogP contribution in [0.3, 0.4) is 0 Å². The maximum atomic E-state index is 5.59. The van der Waals surface area contributed by atoms with Crippen LogP contribution in [0, 0.1) is 0 Å². The molecule has 1 unspecified atom stereocenters. The van der Waals surface area contributed by atoms with E-state index in [0.717, 1.165) is 26.3 Å². The molecule has 1 rings (SSSR count). The molecule has 96 valence electrons. The summed E-state index contributed by atoms with van der Waals surface area (Å²) < 4.78 is 10.9. The molecule has 0 aliphatic carbocycles. The van der Waals surface area contributed by atoms with E-state index in [9.17, 15) is 0 Å². The minimum absolute atomic E-state index is 0.175. The summed E-state index contributed by atoms with van der Waals surface area (Å²) in [7, 11) is 0. The van der Waals surface area contributed by atoms with Crippen molar-refractivity contribution in [3.63, 3.8) is 0 Å². The molecule has 0 amide bonds. The molecule has 0 aromatic heterocycles. The van der Waals surface area contributed by atoms with E-state index in [1.165, 1.54) is 5.56 Å². The molecule has 1 atom stereocenters. The standard InChI is InChI=1S/C14H23NO2/c1-3-16-12-13(2)17-10-9-15-11-14-7-5-4-6-8-14/h4-8,13,15H,3,9-12H2,1-2H3. The lowest BCUT2D eigenvalue weighted by Gasteiger charge is -2.13. The van der Waals surface area contributed by atoms with Crippen LogP contribution in [0.25, 0.3) is 0 Å². The fourth-order valence-corrected chi connectivity index (χ4v) is 1.49. The van der Waals surface area contributed by atoms with Gasteiger partial charge in [0.1, 0.15) is 0 Å². The second-order valence-corrected chi connectivity index (χ2v) is 4.00. The Balaban J connectivity index is 1.97. The van der Waals surface area contributed by atoms with Gasteiger partial charge < -0.3 is 14.8 Å². The fraction of sp³-hybridized carbons (Fsp3) is 0.571. The van der Waals surface area contributed by atoms with Gasteiger partial charge in [0.05, 0.1) is 19.3 Å². The molecule has 0 radical (unpaired) electrons. The second-order valence-electron chi connectivity index (χ2n) is 4.00. The first-order valence-electron chi connectivity index (χ1n) is 6.27. The molecule has 0 spiro atoms. The zero-order valence-corrected chi connectivity index (χ0v) is 10.8. The van der Waals surface area contributed by atoms with E-state index >= 15 is 0 Å². The van der Waals surface area contributed by atoms with Crippen molar-refractivity contribution in [3.05, 3.63) is 35.9 Å². The molecule has 0 fully saturated rings. The van der Waals surface area contributed by atoms with Crippen LogP contribution in [-0.2, 0) is 16.0 Å². The van der Waals surface area contributed by atoms with Gasteiger partial charge in [0, 0.05) is 19.7 Å². The highest BCUT2D eigenvalue weighted by atomic mass is 16.5. The summed E-state index contributed by atoms with van der Waals surface area (Å²) in [6, 6.07) is 10.4. The quantitative estimate of drug-likeness (QED) is 0.668. The lowest BCUT2D eigenvalue weighted by molar-refractivity contribution is -0.00194. The van der Waals surface area contributed by atoms with Gasteiger partial charge in [-0.1, -0.05) is 30.3 Å². The van der Waals surface area contributed by atoms with Gasteiger partial charge >= 0.3 is 0 Å². The monoisotopic (exact) mass is 237 g/mol. The first-order valence-corrected chi connectivity index (χ1v) is 6.27. The van der Waals surface area contributed by atoms with Gasteiger partial charge in [-0.25, -0.2) is 0 Å². The van der Waals surface area contributed by atoms with Crippen molar-refractivity contribution in [2.45, 2.75) is 26.5 Å². The number of hydrogen-bond acceptors (Lipinski definition) is 3. The number of hydrogen-bond donors (Lipinski definition) is 1. The van der Waals surface area contributed by atoms with Crippen LogP contribution in [-0.4, -0.2) is 32.5 Å². The van der Waals surface area contributed by atoms with Crippen LogP contribution in [0.5, 0.6) is 0 Å². The normalized spacial score (nSPS) is 12.6. The Morgan fingerprint density at radius 1 is 1.24 bits per heavy atom. The van der Waals surface area contributed by atoms with Gasteiger partial charge in [-0.3, -0.25) is 0 Å². The number of benzene rings is 1. The molecule has 0 heterocycles. The van der Waals surface area contributed by atoms with Gasteiger partial charge in [-0.05, 0) is 19.4 Å². The highest BCUT2D eigenvalue weighted by Gasteiger charge is 2.00. The third-order valence-corrected chi connectivity index (χ3v) is 2.41. The molecule has 1 aromatic rings. The van der Waals surface area contributed by atoms with E-state index in [0.29, 0.717) is 6.61 Å². The van der Waals surface area contributed by atoms with Crippen molar-refractivity contribution in [1.82, 2.24) is 5.32 Å². The summed E-state index contributed by atoms with van der Waals surface area (Å²) in [4.78, 5) is 0. The Kier molecular flexibility index (Phi) is 7.63. The molecule has 0 bridgehead atoms. The average Bonchev–Trinajstić information content (AvgIpc) is 2.37. The lowest BCUT2D eigenvalue weighted by atomic mass is 10.2. The third-order valence-electron chi connectivity index (χ3n) is 2.41. The molecule has 0 saturated carbocycles. The summed E-state index contributed by atoms with van der Waals surface area (Å²) in [5.74, 6) is 0. The number of ether oxygens (including phenoxy) is 2. The number of nitrogens with one attached hydrogen (secondary N) is 1. The molecule has 0 aliphatic heterocycles. The molecule has 0 saturated heterocycles. The molecule has 0 aliphatic rings. The lowest BCUT2D eigenvalue weighted by Crippen LogP contribution is -2.24. The maximum Gasteiger partial charge on any atom is 0.0781 e. The summed E-state index contributed by atoms with van der Waals surface area (Å²) >= 11 is 0. The highest BCUT2D eigenvalue weighted by Crippen LogP contribution is 1.97. The van der Waals surface area contributed by atoms with Gasteiger partial charge in [-0.2, -0.15) is 0 Å². The average molecular weight is 237 g/mol. The predicted octanol–water partition coefficient (Wildman–Crippen LogP) is 2.22. The van der Waals surface area contributed by atoms with Gasteiger partial charge in [0.2, 0.25) is 0 Å². The Morgan fingerprint density at radius 2 is 2.00 bits per heavy atom. The van der Waals surface area contributed by atoms with Crippen molar-refractivity contribution in [2.75, 3.05) is 26.4 Å². The molecule has 1 aromatic carbocycles. The van der Waals surface area contributed by atoms with Gasteiger partial charge in [-0.15, -0.1) is 0 Å². The largest absolute Gasteiger partial charge is 0.379 e. The van der Waals surface area contributed by atoms with E-state index in [1.54, 1.807) is 0 Å². The molecule has 1 N–H and O–H groups in total. The topological polar surface area (TPSA) is 30.5 Å². The van der Waals surface area contributed by atoms with Crippen molar-refractivity contribution >= 4 is 0 Å². The number of rotatable bonds is 9. The summed E-state index contributed by atoms with van der Waals surface area (Å²) in [5, 5.41) is 3.35. The first-order chi connectivity index (χ1) is 8.33. The van der Waals surface area contributed by atoms with Crippen molar-refractivity contribution in [1.29, 1.82) is 0 Å². The fourth-order valence-electron chi connectivity index (χ4n) is 1.49. The minimum Gasteiger partial charge on any atom is -0.379 e. The van der Waals surface area contributed by atoms with E-state index in [2.05, 4.69) is 29.6 Å². The smallest absolute Gasteiger partial charge is 0.0781 e. The van der Waals surface area contributed by atoms with Crippen LogP contribution < -0.4 is 5.32 Å². The van der Waals surface area contributed by atoms with E-state index in [-0.39, 0.29) is 6.10 Å². The zero-order valence-electron chi connectivity index (χ0n) is 10.8. The molecular formula is C14H23NO2. The summed E-state index contributed by atoms with van der Waals surface area (Å²) in [6.45, 7) is 7.94. The Labute approximate surface area is 104 Å². The van der Waals surface area contributed by atoms with Crippen LogP contribution in [0.2, 0.25) is 0 Å². The molecule has 3 heteroatoms. The molecule has 3 nitrogen and oxygen atoms in total. The first kappa shape index (κ1) is 14.2.